The number of hydrogen-bond acceptors (Lipinski definition) is 2. The summed E-state index contributed by atoms with van der Waals surface area (Å²) in [5.41, 5.74) is 6.30. The van der Waals surface area contributed by atoms with Crippen molar-refractivity contribution in [2.24, 2.45) is 5.73 Å². The minimum atomic E-state index is -0.470. The molecule has 1 amide bonds. The van der Waals surface area contributed by atoms with E-state index in [4.69, 9.17) is 5.73 Å². The van der Waals surface area contributed by atoms with Gasteiger partial charge in [-0.2, -0.15) is 0 Å². The molecule has 1 aromatic carbocycles. The first-order valence-corrected chi connectivity index (χ1v) is 3.56. The van der Waals surface area contributed by atoms with Crippen molar-refractivity contribution in [2.45, 2.75) is 6.42 Å². The van der Waals surface area contributed by atoms with Crippen LogP contribution in [-0.4, -0.2) is 12.2 Å². The molecule has 0 aliphatic rings. The third-order valence-corrected chi connectivity index (χ3v) is 1.53. The van der Waals surface area contributed by atoms with Crippen LogP contribution in [-0.2, 0) is 11.2 Å². The number of carbonyl (C=O) groups excluding carboxylic acids is 2. The number of aldehydes is 1. The number of nitrogens with two attached hydrogens (primary N) is 1. The molecule has 1 rings (SSSR count). The summed E-state index contributed by atoms with van der Waals surface area (Å²) in [7, 11) is 0. The molecule has 3 heteroatoms. The zero-order valence-electron chi connectivity index (χ0n) is 6.49. The van der Waals surface area contributed by atoms with Crippen LogP contribution in [0, 0.1) is 0 Å². The summed E-state index contributed by atoms with van der Waals surface area (Å²) in [6.45, 7) is 0. The van der Waals surface area contributed by atoms with Crippen molar-refractivity contribution in [1.82, 2.24) is 0 Å². The van der Waals surface area contributed by atoms with Crippen LogP contribution in [0.15, 0.2) is 24.3 Å². The molecule has 0 bridgehead atoms. The van der Waals surface area contributed by atoms with Crippen LogP contribution in [0.5, 0.6) is 0 Å². The van der Waals surface area contributed by atoms with E-state index in [0.717, 1.165) is 11.8 Å². The van der Waals surface area contributed by atoms with E-state index < -0.39 is 5.91 Å². The molecule has 0 aliphatic heterocycles. The Kier molecular flexibility index (Phi) is 2.58. The normalized spacial score (nSPS) is 9.33. The zero-order valence-corrected chi connectivity index (χ0v) is 6.49. The van der Waals surface area contributed by atoms with Gasteiger partial charge in [-0.1, -0.05) is 12.1 Å². The largest absolute Gasteiger partial charge is 0.366 e. The highest BCUT2D eigenvalue weighted by Crippen LogP contribution is 2.03. The van der Waals surface area contributed by atoms with Gasteiger partial charge in [0.1, 0.15) is 6.29 Å². The highest BCUT2D eigenvalue weighted by atomic mass is 16.1. The van der Waals surface area contributed by atoms with Gasteiger partial charge in [-0.05, 0) is 17.7 Å². The summed E-state index contributed by atoms with van der Waals surface area (Å²) in [6.07, 6.45) is 1.11. The van der Waals surface area contributed by atoms with Gasteiger partial charge < -0.3 is 10.5 Å². The lowest BCUT2D eigenvalue weighted by Gasteiger charge is -1.97. The second-order valence-electron chi connectivity index (χ2n) is 2.44. The number of rotatable bonds is 3. The van der Waals surface area contributed by atoms with Crippen LogP contribution in [0.4, 0.5) is 0 Å². The van der Waals surface area contributed by atoms with Crippen LogP contribution in [0.2, 0.25) is 0 Å². The van der Waals surface area contributed by atoms with Crippen molar-refractivity contribution in [2.75, 3.05) is 0 Å². The first-order valence-electron chi connectivity index (χ1n) is 3.56. The average Bonchev–Trinajstić information content (AvgIpc) is 2.05. The lowest BCUT2D eigenvalue weighted by molar-refractivity contribution is -0.107. The maximum absolute atomic E-state index is 10.7. The molecule has 62 valence electrons. The highest BCUT2D eigenvalue weighted by Gasteiger charge is 1.99. The van der Waals surface area contributed by atoms with Crippen LogP contribution in [0.25, 0.3) is 0 Å². The van der Waals surface area contributed by atoms with Gasteiger partial charge in [0.05, 0.1) is 0 Å². The fourth-order valence-electron chi connectivity index (χ4n) is 0.948. The average molecular weight is 163 g/mol. The van der Waals surface area contributed by atoms with E-state index in [1.807, 2.05) is 0 Å². The van der Waals surface area contributed by atoms with E-state index in [9.17, 15) is 9.59 Å². The maximum atomic E-state index is 10.7. The van der Waals surface area contributed by atoms with Gasteiger partial charge >= 0.3 is 0 Å². The molecule has 0 radical (unpaired) electrons. The van der Waals surface area contributed by atoms with Gasteiger partial charge in [0.15, 0.2) is 0 Å². The predicted octanol–water partition coefficient (Wildman–Crippen LogP) is 0.527. The summed E-state index contributed by atoms with van der Waals surface area (Å²) < 4.78 is 0. The van der Waals surface area contributed by atoms with Crippen LogP contribution < -0.4 is 5.73 Å². The molecule has 1 aromatic rings. The van der Waals surface area contributed by atoms with Crippen molar-refractivity contribution in [3.8, 4) is 0 Å². The van der Waals surface area contributed by atoms with Gasteiger partial charge in [0.25, 0.3) is 0 Å². The van der Waals surface area contributed by atoms with E-state index in [1.54, 1.807) is 24.3 Å². The van der Waals surface area contributed by atoms with Crippen LogP contribution >= 0.6 is 0 Å². The van der Waals surface area contributed by atoms with Gasteiger partial charge in [-0.3, -0.25) is 4.79 Å². The predicted molar refractivity (Wildman–Crippen MR) is 44.7 cm³/mol. The first-order chi connectivity index (χ1) is 5.74. The quantitative estimate of drug-likeness (QED) is 0.660. The number of benzene rings is 1. The Morgan fingerprint density at radius 2 is 2.25 bits per heavy atom. The van der Waals surface area contributed by atoms with Crippen molar-refractivity contribution in [1.29, 1.82) is 0 Å². The monoisotopic (exact) mass is 163 g/mol. The molecule has 0 unspecified atom stereocenters. The molecular weight excluding hydrogens is 154 g/mol. The second kappa shape index (κ2) is 3.67. The smallest absolute Gasteiger partial charge is 0.248 e. The molecule has 0 saturated carbocycles. The molecule has 0 aliphatic carbocycles. The Hall–Kier alpha value is -1.64. The molecule has 0 aromatic heterocycles. The Labute approximate surface area is 70.2 Å². The summed E-state index contributed by atoms with van der Waals surface area (Å²) in [5.74, 6) is -0.470. The minimum absolute atomic E-state index is 0.321. The van der Waals surface area contributed by atoms with Crippen molar-refractivity contribution in [3.63, 3.8) is 0 Å². The molecular formula is C9H9NO2. The molecule has 0 spiro atoms. The topological polar surface area (TPSA) is 60.2 Å². The number of amides is 1. The van der Waals surface area contributed by atoms with Gasteiger partial charge in [0, 0.05) is 12.0 Å². The van der Waals surface area contributed by atoms with Crippen molar-refractivity contribution in [3.05, 3.63) is 35.4 Å². The number of hydrogen-bond donors (Lipinski definition) is 1. The Morgan fingerprint density at radius 3 is 2.83 bits per heavy atom. The van der Waals surface area contributed by atoms with E-state index in [-0.39, 0.29) is 0 Å². The SMILES string of the molecule is NC(=O)c1cccc(CC=O)c1. The minimum Gasteiger partial charge on any atom is -0.366 e. The molecule has 2 N–H and O–H groups in total. The maximum Gasteiger partial charge on any atom is 0.248 e. The molecule has 0 atom stereocenters. The Bertz CT molecular complexity index is 307. The first kappa shape index (κ1) is 8.46. The molecule has 12 heavy (non-hydrogen) atoms. The fraction of sp³-hybridized carbons (Fsp3) is 0.111. The van der Waals surface area contributed by atoms with E-state index in [1.165, 1.54) is 0 Å². The standard InChI is InChI=1S/C9H9NO2/c10-9(12)8-3-1-2-7(6-8)4-5-11/h1-3,5-6H,4H2,(H2,10,12). The second-order valence-corrected chi connectivity index (χ2v) is 2.44. The molecule has 0 saturated heterocycles. The van der Waals surface area contributed by atoms with Crippen molar-refractivity contribution < 1.29 is 9.59 Å². The lowest BCUT2D eigenvalue weighted by Crippen LogP contribution is -2.10. The van der Waals surface area contributed by atoms with E-state index in [2.05, 4.69) is 0 Å². The van der Waals surface area contributed by atoms with E-state index in [0.29, 0.717) is 12.0 Å². The third kappa shape index (κ3) is 1.92. The summed E-state index contributed by atoms with van der Waals surface area (Å²) in [5, 5.41) is 0. The van der Waals surface area contributed by atoms with Gasteiger partial charge in [-0.25, -0.2) is 0 Å². The molecule has 0 heterocycles. The van der Waals surface area contributed by atoms with Crippen LogP contribution in [0.1, 0.15) is 15.9 Å². The summed E-state index contributed by atoms with van der Waals surface area (Å²) >= 11 is 0. The zero-order chi connectivity index (χ0) is 8.97. The molecule has 0 fully saturated rings. The third-order valence-electron chi connectivity index (χ3n) is 1.53. The summed E-state index contributed by atoms with van der Waals surface area (Å²) in [6, 6.07) is 6.73. The van der Waals surface area contributed by atoms with Gasteiger partial charge in [0.2, 0.25) is 5.91 Å². The Morgan fingerprint density at radius 1 is 1.50 bits per heavy atom. The van der Waals surface area contributed by atoms with Gasteiger partial charge in [-0.15, -0.1) is 0 Å². The Balaban J connectivity index is 2.95. The van der Waals surface area contributed by atoms with Crippen LogP contribution in [0.3, 0.4) is 0 Å². The lowest BCUT2D eigenvalue weighted by atomic mass is 10.1. The van der Waals surface area contributed by atoms with Crippen molar-refractivity contribution >= 4 is 12.2 Å². The highest BCUT2D eigenvalue weighted by molar-refractivity contribution is 5.93. The number of primary amides is 1. The summed E-state index contributed by atoms with van der Waals surface area (Å²) in [4.78, 5) is 20.8. The number of carbonyl (C=O) groups is 2. The fourth-order valence-corrected chi connectivity index (χ4v) is 0.948. The van der Waals surface area contributed by atoms with E-state index >= 15 is 0 Å². The molecule has 3 nitrogen and oxygen atoms in total.